The van der Waals surface area contributed by atoms with Gasteiger partial charge in [-0.15, -0.1) is 0 Å². The van der Waals surface area contributed by atoms with Gasteiger partial charge in [-0.25, -0.2) is 4.98 Å². The van der Waals surface area contributed by atoms with Gasteiger partial charge >= 0.3 is 0 Å². The van der Waals surface area contributed by atoms with Crippen LogP contribution in [0.2, 0.25) is 0 Å². The number of hydrogen-bond donors (Lipinski definition) is 1. The van der Waals surface area contributed by atoms with E-state index >= 15 is 0 Å². The van der Waals surface area contributed by atoms with Gasteiger partial charge in [-0.3, -0.25) is 0 Å². The van der Waals surface area contributed by atoms with Gasteiger partial charge < -0.3 is 14.6 Å². The van der Waals surface area contributed by atoms with E-state index < -0.39 is 0 Å². The van der Waals surface area contributed by atoms with Crippen LogP contribution in [0.4, 0.5) is 5.95 Å². The third-order valence-corrected chi connectivity index (χ3v) is 3.35. The van der Waals surface area contributed by atoms with Gasteiger partial charge in [-0.05, 0) is 24.5 Å². The summed E-state index contributed by atoms with van der Waals surface area (Å²) in [6.45, 7) is 5.78. The van der Waals surface area contributed by atoms with E-state index in [1.54, 1.807) is 7.11 Å². The summed E-state index contributed by atoms with van der Waals surface area (Å²) >= 11 is 0. The van der Waals surface area contributed by atoms with Gasteiger partial charge in [0, 0.05) is 25.5 Å². The van der Waals surface area contributed by atoms with Crippen LogP contribution in [0, 0.1) is 0 Å². The van der Waals surface area contributed by atoms with Gasteiger partial charge in [-0.2, -0.15) is 0 Å². The maximum Gasteiger partial charge on any atom is 0.203 e. The average Bonchev–Trinajstić information content (AvgIpc) is 2.87. The molecule has 0 saturated carbocycles. The Morgan fingerprint density at radius 2 is 2.05 bits per heavy atom. The molecule has 108 valence electrons. The topological polar surface area (TPSA) is 39.1 Å². The van der Waals surface area contributed by atoms with Crippen molar-refractivity contribution in [3.63, 3.8) is 0 Å². The molecule has 1 unspecified atom stereocenters. The second kappa shape index (κ2) is 7.10. The first-order chi connectivity index (χ1) is 9.74. The van der Waals surface area contributed by atoms with Crippen LogP contribution in [-0.2, 0) is 17.7 Å². The normalized spacial score (nSPS) is 12.3. The largest absolute Gasteiger partial charge is 0.383 e. The SMILES string of the molecule is CCc1ccccc1Cn1ccnc1NC(C)COC. The molecule has 1 heterocycles. The van der Waals surface area contributed by atoms with Crippen LogP contribution in [0.1, 0.15) is 25.0 Å². The fraction of sp³-hybridized carbons (Fsp3) is 0.438. The van der Waals surface area contributed by atoms with Crippen molar-refractivity contribution in [2.45, 2.75) is 32.9 Å². The van der Waals surface area contributed by atoms with E-state index in [0.29, 0.717) is 6.61 Å². The van der Waals surface area contributed by atoms with Gasteiger partial charge in [0.05, 0.1) is 13.2 Å². The zero-order valence-electron chi connectivity index (χ0n) is 12.5. The minimum absolute atomic E-state index is 0.238. The van der Waals surface area contributed by atoms with Crippen LogP contribution in [-0.4, -0.2) is 29.3 Å². The summed E-state index contributed by atoms with van der Waals surface area (Å²) < 4.78 is 7.29. The molecule has 4 nitrogen and oxygen atoms in total. The smallest absolute Gasteiger partial charge is 0.203 e. The van der Waals surface area contributed by atoms with Crippen molar-refractivity contribution in [1.29, 1.82) is 0 Å². The van der Waals surface area contributed by atoms with E-state index in [-0.39, 0.29) is 6.04 Å². The van der Waals surface area contributed by atoms with Gasteiger partial charge in [-0.1, -0.05) is 31.2 Å². The van der Waals surface area contributed by atoms with Crippen LogP contribution >= 0.6 is 0 Å². The molecule has 1 aromatic carbocycles. The number of benzene rings is 1. The number of aromatic nitrogens is 2. The molecule has 0 radical (unpaired) electrons. The lowest BCUT2D eigenvalue weighted by atomic mass is 10.1. The van der Waals surface area contributed by atoms with Crippen LogP contribution in [0.25, 0.3) is 0 Å². The van der Waals surface area contributed by atoms with Crippen molar-refractivity contribution in [3.8, 4) is 0 Å². The number of rotatable bonds is 7. The number of methoxy groups -OCH3 is 1. The fourth-order valence-electron chi connectivity index (χ4n) is 2.33. The Labute approximate surface area is 120 Å². The molecule has 0 aliphatic rings. The van der Waals surface area contributed by atoms with Crippen molar-refractivity contribution in [3.05, 3.63) is 47.8 Å². The highest BCUT2D eigenvalue weighted by Gasteiger charge is 2.08. The molecule has 1 aromatic heterocycles. The highest BCUT2D eigenvalue weighted by atomic mass is 16.5. The molecule has 20 heavy (non-hydrogen) atoms. The molecular formula is C16H23N3O. The van der Waals surface area contributed by atoms with Crippen molar-refractivity contribution >= 4 is 5.95 Å². The van der Waals surface area contributed by atoms with E-state index in [9.17, 15) is 0 Å². The van der Waals surface area contributed by atoms with E-state index in [4.69, 9.17) is 4.74 Å². The molecule has 2 rings (SSSR count). The number of ether oxygens (including phenoxy) is 1. The molecule has 0 aliphatic heterocycles. The maximum absolute atomic E-state index is 5.15. The van der Waals surface area contributed by atoms with Crippen LogP contribution in [0.15, 0.2) is 36.7 Å². The first-order valence-electron chi connectivity index (χ1n) is 7.08. The number of nitrogens with zero attached hydrogens (tertiary/aromatic N) is 2. The molecular weight excluding hydrogens is 250 g/mol. The predicted octanol–water partition coefficient (Wildman–Crippen LogP) is 2.94. The lowest BCUT2D eigenvalue weighted by molar-refractivity contribution is 0.190. The average molecular weight is 273 g/mol. The van der Waals surface area contributed by atoms with Crippen molar-refractivity contribution in [1.82, 2.24) is 9.55 Å². The number of hydrogen-bond acceptors (Lipinski definition) is 3. The summed E-state index contributed by atoms with van der Waals surface area (Å²) in [7, 11) is 1.71. The second-order valence-corrected chi connectivity index (χ2v) is 5.00. The Hall–Kier alpha value is -1.81. The Kier molecular flexibility index (Phi) is 5.18. The number of nitrogens with one attached hydrogen (secondary N) is 1. The van der Waals surface area contributed by atoms with Gasteiger partial charge in [0.15, 0.2) is 0 Å². The maximum atomic E-state index is 5.15. The zero-order chi connectivity index (χ0) is 14.4. The van der Waals surface area contributed by atoms with E-state index in [1.165, 1.54) is 11.1 Å². The molecule has 0 saturated heterocycles. The second-order valence-electron chi connectivity index (χ2n) is 5.00. The van der Waals surface area contributed by atoms with Crippen LogP contribution in [0.5, 0.6) is 0 Å². The zero-order valence-corrected chi connectivity index (χ0v) is 12.5. The number of aryl methyl sites for hydroxylation is 1. The third kappa shape index (κ3) is 3.61. The Balaban J connectivity index is 2.12. The van der Waals surface area contributed by atoms with Crippen LogP contribution < -0.4 is 5.32 Å². The van der Waals surface area contributed by atoms with Crippen molar-refractivity contribution in [2.24, 2.45) is 0 Å². The van der Waals surface area contributed by atoms with E-state index in [0.717, 1.165) is 18.9 Å². The lowest BCUT2D eigenvalue weighted by Gasteiger charge is -2.16. The van der Waals surface area contributed by atoms with Gasteiger partial charge in [0.2, 0.25) is 5.95 Å². The summed E-state index contributed by atoms with van der Waals surface area (Å²) in [4.78, 5) is 4.39. The molecule has 1 N–H and O–H groups in total. The summed E-state index contributed by atoms with van der Waals surface area (Å²) in [5.41, 5.74) is 2.73. The number of anilines is 1. The first-order valence-corrected chi connectivity index (χ1v) is 7.08. The minimum Gasteiger partial charge on any atom is -0.383 e. The first kappa shape index (κ1) is 14.6. The molecule has 0 aliphatic carbocycles. The number of imidazole rings is 1. The Morgan fingerprint density at radius 1 is 1.30 bits per heavy atom. The molecule has 0 spiro atoms. The fourth-order valence-corrected chi connectivity index (χ4v) is 2.33. The van der Waals surface area contributed by atoms with Crippen molar-refractivity contribution in [2.75, 3.05) is 19.0 Å². The van der Waals surface area contributed by atoms with E-state index in [1.807, 2.05) is 12.4 Å². The van der Waals surface area contributed by atoms with Gasteiger partial charge in [0.25, 0.3) is 0 Å². The Bertz CT molecular complexity index is 536. The monoisotopic (exact) mass is 273 g/mol. The highest BCUT2D eigenvalue weighted by Crippen LogP contribution is 2.14. The summed E-state index contributed by atoms with van der Waals surface area (Å²) in [5.74, 6) is 0.889. The summed E-state index contributed by atoms with van der Waals surface area (Å²) in [6, 6.07) is 8.79. The minimum atomic E-state index is 0.238. The lowest BCUT2D eigenvalue weighted by Crippen LogP contribution is -2.23. The standard InChI is InChI=1S/C16H23N3O/c1-4-14-7-5-6-8-15(14)11-19-10-9-17-16(19)18-13(2)12-20-3/h5-10,13H,4,11-12H2,1-3H3,(H,17,18). The molecule has 0 fully saturated rings. The molecule has 0 bridgehead atoms. The van der Waals surface area contributed by atoms with E-state index in [2.05, 4.69) is 53.0 Å². The van der Waals surface area contributed by atoms with Crippen molar-refractivity contribution < 1.29 is 4.74 Å². The third-order valence-electron chi connectivity index (χ3n) is 3.35. The van der Waals surface area contributed by atoms with Crippen LogP contribution in [0.3, 0.4) is 0 Å². The quantitative estimate of drug-likeness (QED) is 0.843. The molecule has 1 atom stereocenters. The summed E-state index contributed by atoms with van der Waals surface area (Å²) in [6.07, 6.45) is 4.89. The van der Waals surface area contributed by atoms with Gasteiger partial charge in [0.1, 0.15) is 0 Å². The summed E-state index contributed by atoms with van der Waals surface area (Å²) in [5, 5.41) is 3.38. The molecule has 0 amide bonds. The molecule has 4 heteroatoms. The Morgan fingerprint density at radius 3 is 2.75 bits per heavy atom. The highest BCUT2D eigenvalue weighted by molar-refractivity contribution is 5.32. The predicted molar refractivity (Wildman–Crippen MR) is 82.1 cm³/mol. The molecule has 2 aromatic rings.